The second-order valence-corrected chi connectivity index (χ2v) is 6.72. The topological polar surface area (TPSA) is 67.8 Å². The van der Waals surface area contributed by atoms with Crippen LogP contribution < -0.4 is 10.6 Å². The molecule has 4 saturated heterocycles. The standard InChI is InChI=1S/C16H20N4O2/c17-14-20(15-18-12-3-1-2-4-13(12)21-15)10-16(22-14)9-19-7-5-11(16)6-8-19/h1-4,11,14H,5-10,17H2. The van der Waals surface area contributed by atoms with E-state index in [9.17, 15) is 0 Å². The Morgan fingerprint density at radius 1 is 1.18 bits per heavy atom. The van der Waals surface area contributed by atoms with E-state index < -0.39 is 6.35 Å². The summed E-state index contributed by atoms with van der Waals surface area (Å²) < 4.78 is 12.1. The van der Waals surface area contributed by atoms with Crippen molar-refractivity contribution in [3.63, 3.8) is 0 Å². The number of rotatable bonds is 1. The van der Waals surface area contributed by atoms with Crippen molar-refractivity contribution in [1.82, 2.24) is 9.88 Å². The molecule has 4 aliphatic rings. The predicted molar refractivity (Wildman–Crippen MR) is 82.3 cm³/mol. The summed E-state index contributed by atoms with van der Waals surface area (Å²) in [6.45, 7) is 4.12. The van der Waals surface area contributed by atoms with Crippen molar-refractivity contribution < 1.29 is 9.15 Å². The summed E-state index contributed by atoms with van der Waals surface area (Å²) in [5.41, 5.74) is 7.75. The zero-order valence-electron chi connectivity index (χ0n) is 12.4. The number of anilines is 1. The van der Waals surface area contributed by atoms with Gasteiger partial charge >= 0.3 is 6.01 Å². The summed E-state index contributed by atoms with van der Waals surface area (Å²) in [5.74, 6) is 0.595. The maximum atomic E-state index is 6.26. The van der Waals surface area contributed by atoms with Crippen LogP contribution in [0.4, 0.5) is 6.01 Å². The van der Waals surface area contributed by atoms with Gasteiger partial charge in [-0.25, -0.2) is 0 Å². The zero-order chi connectivity index (χ0) is 14.7. The van der Waals surface area contributed by atoms with Crippen molar-refractivity contribution in [3.8, 4) is 0 Å². The Morgan fingerprint density at radius 3 is 2.73 bits per heavy atom. The third-order valence-corrected chi connectivity index (χ3v) is 5.45. The lowest BCUT2D eigenvalue weighted by Gasteiger charge is -2.50. The molecule has 2 N–H and O–H groups in total. The number of hydrogen-bond acceptors (Lipinski definition) is 6. The summed E-state index contributed by atoms with van der Waals surface area (Å²) in [6, 6.07) is 8.37. The number of piperidine rings is 3. The number of aromatic nitrogens is 1. The first-order chi connectivity index (χ1) is 10.7. The van der Waals surface area contributed by atoms with Gasteiger partial charge in [0.15, 0.2) is 11.9 Å². The largest absolute Gasteiger partial charge is 0.423 e. The van der Waals surface area contributed by atoms with Crippen molar-refractivity contribution in [1.29, 1.82) is 0 Å². The Balaban J connectivity index is 1.48. The van der Waals surface area contributed by atoms with Crippen LogP contribution in [0.5, 0.6) is 0 Å². The molecule has 116 valence electrons. The zero-order valence-corrected chi connectivity index (χ0v) is 12.4. The van der Waals surface area contributed by atoms with E-state index in [1.807, 2.05) is 29.2 Å². The molecule has 2 atom stereocenters. The maximum absolute atomic E-state index is 6.26. The fraction of sp³-hybridized carbons (Fsp3) is 0.562. The first-order valence-corrected chi connectivity index (χ1v) is 8.01. The molecule has 4 fully saturated rings. The van der Waals surface area contributed by atoms with Gasteiger partial charge in [0.1, 0.15) is 11.1 Å². The predicted octanol–water partition coefficient (Wildman–Crippen LogP) is 1.37. The summed E-state index contributed by atoms with van der Waals surface area (Å²) >= 11 is 0. The highest BCUT2D eigenvalue weighted by Crippen LogP contribution is 2.43. The monoisotopic (exact) mass is 300 g/mol. The van der Waals surface area contributed by atoms with Crippen LogP contribution in [0.3, 0.4) is 0 Å². The second kappa shape index (κ2) is 4.44. The first-order valence-electron chi connectivity index (χ1n) is 8.01. The molecule has 1 aromatic carbocycles. The van der Waals surface area contributed by atoms with Gasteiger partial charge in [0.2, 0.25) is 0 Å². The van der Waals surface area contributed by atoms with Crippen LogP contribution in [0.2, 0.25) is 0 Å². The number of fused-ring (bicyclic) bond motifs is 3. The van der Waals surface area contributed by atoms with E-state index in [0.29, 0.717) is 11.9 Å². The Labute approximate surface area is 128 Å². The molecule has 0 aliphatic carbocycles. The van der Waals surface area contributed by atoms with E-state index in [1.54, 1.807) is 0 Å². The lowest BCUT2D eigenvalue weighted by atomic mass is 9.75. The third kappa shape index (κ3) is 1.74. The molecule has 2 aromatic rings. The van der Waals surface area contributed by atoms with Gasteiger partial charge in [-0.1, -0.05) is 12.1 Å². The fourth-order valence-electron chi connectivity index (χ4n) is 4.32. The molecule has 4 aliphatic heterocycles. The second-order valence-electron chi connectivity index (χ2n) is 6.72. The number of para-hydroxylation sites is 2. The van der Waals surface area contributed by atoms with E-state index in [0.717, 1.165) is 24.2 Å². The molecule has 2 unspecified atom stereocenters. The van der Waals surface area contributed by atoms with Crippen LogP contribution >= 0.6 is 0 Å². The van der Waals surface area contributed by atoms with Crippen LogP contribution in [-0.4, -0.2) is 48.0 Å². The molecular formula is C16H20N4O2. The average molecular weight is 300 g/mol. The van der Waals surface area contributed by atoms with Gasteiger partial charge in [0, 0.05) is 6.54 Å². The number of ether oxygens (including phenoxy) is 1. The molecule has 6 nitrogen and oxygen atoms in total. The lowest BCUT2D eigenvalue weighted by Crippen LogP contribution is -2.61. The molecule has 6 rings (SSSR count). The van der Waals surface area contributed by atoms with Gasteiger partial charge in [-0.3, -0.25) is 10.6 Å². The van der Waals surface area contributed by atoms with Crippen LogP contribution in [0, 0.1) is 5.92 Å². The van der Waals surface area contributed by atoms with Gasteiger partial charge < -0.3 is 14.1 Å². The van der Waals surface area contributed by atoms with Crippen molar-refractivity contribution in [2.45, 2.75) is 24.8 Å². The summed E-state index contributed by atoms with van der Waals surface area (Å²) in [5, 5.41) is 0. The van der Waals surface area contributed by atoms with E-state index in [4.69, 9.17) is 14.9 Å². The number of benzene rings is 1. The fourth-order valence-corrected chi connectivity index (χ4v) is 4.32. The third-order valence-electron chi connectivity index (χ3n) is 5.45. The Morgan fingerprint density at radius 2 is 2.00 bits per heavy atom. The molecule has 5 heterocycles. The van der Waals surface area contributed by atoms with Crippen molar-refractivity contribution in [3.05, 3.63) is 24.3 Å². The quantitative estimate of drug-likeness (QED) is 0.858. The number of hydrogen-bond donors (Lipinski definition) is 1. The number of oxazole rings is 1. The molecule has 0 saturated carbocycles. The molecular weight excluding hydrogens is 280 g/mol. The maximum Gasteiger partial charge on any atom is 0.301 e. The van der Waals surface area contributed by atoms with Crippen molar-refractivity contribution >= 4 is 17.1 Å². The molecule has 22 heavy (non-hydrogen) atoms. The van der Waals surface area contributed by atoms with Gasteiger partial charge in [-0.2, -0.15) is 4.98 Å². The first kappa shape index (κ1) is 12.9. The summed E-state index contributed by atoms with van der Waals surface area (Å²) in [4.78, 5) is 9.03. The minimum absolute atomic E-state index is 0.156. The van der Waals surface area contributed by atoms with Crippen LogP contribution in [0.1, 0.15) is 12.8 Å². The smallest absolute Gasteiger partial charge is 0.301 e. The highest BCUT2D eigenvalue weighted by molar-refractivity contribution is 5.74. The van der Waals surface area contributed by atoms with Crippen molar-refractivity contribution in [2.75, 3.05) is 31.1 Å². The summed E-state index contributed by atoms with van der Waals surface area (Å²) in [7, 11) is 0. The molecule has 1 spiro atoms. The normalized spacial score (nSPS) is 37.5. The Bertz CT molecular complexity index is 676. The van der Waals surface area contributed by atoms with E-state index in [-0.39, 0.29) is 5.60 Å². The van der Waals surface area contributed by atoms with E-state index >= 15 is 0 Å². The van der Waals surface area contributed by atoms with Gasteiger partial charge in [-0.05, 0) is 44.0 Å². The van der Waals surface area contributed by atoms with Crippen molar-refractivity contribution in [2.24, 2.45) is 11.7 Å². The van der Waals surface area contributed by atoms with E-state index in [1.165, 1.54) is 25.9 Å². The van der Waals surface area contributed by atoms with Gasteiger partial charge in [0.05, 0.1) is 6.54 Å². The Hall–Kier alpha value is -1.63. The molecule has 1 aromatic heterocycles. The number of nitrogens with zero attached hydrogens (tertiary/aromatic N) is 3. The SMILES string of the molecule is NC1OC2(CN3CCC2CC3)CN1c1nc2ccccc2o1. The van der Waals surface area contributed by atoms with Crippen LogP contribution in [0.25, 0.3) is 11.1 Å². The highest BCUT2D eigenvalue weighted by atomic mass is 16.6. The van der Waals surface area contributed by atoms with Crippen LogP contribution in [-0.2, 0) is 4.74 Å². The van der Waals surface area contributed by atoms with E-state index in [2.05, 4.69) is 9.88 Å². The minimum atomic E-state index is -0.478. The average Bonchev–Trinajstić information content (AvgIpc) is 3.09. The molecule has 0 radical (unpaired) electrons. The molecule has 0 amide bonds. The van der Waals surface area contributed by atoms with Crippen LogP contribution in [0.15, 0.2) is 28.7 Å². The lowest BCUT2D eigenvalue weighted by molar-refractivity contribution is -0.137. The Kier molecular flexibility index (Phi) is 2.60. The van der Waals surface area contributed by atoms with Gasteiger partial charge in [-0.15, -0.1) is 0 Å². The minimum Gasteiger partial charge on any atom is -0.423 e. The summed E-state index contributed by atoms with van der Waals surface area (Å²) in [6.07, 6.45) is 1.93. The van der Waals surface area contributed by atoms with Gasteiger partial charge in [0.25, 0.3) is 0 Å². The highest BCUT2D eigenvalue weighted by Gasteiger charge is 2.54. The molecule has 2 bridgehead atoms. The molecule has 6 heteroatoms. The number of nitrogens with two attached hydrogens (primary N) is 1.